The fourth-order valence-corrected chi connectivity index (χ4v) is 0.520. The minimum Gasteiger partial charge on any atom is -0.384 e. The van der Waals surface area contributed by atoms with Crippen molar-refractivity contribution in [2.24, 2.45) is 5.92 Å². The van der Waals surface area contributed by atoms with Gasteiger partial charge in [0.2, 0.25) is 0 Å². The lowest BCUT2D eigenvalue weighted by Gasteiger charge is -2.06. The monoisotopic (exact) mass is 117 g/mol. The predicted molar refractivity (Wildman–Crippen MR) is 32.6 cm³/mol. The van der Waals surface area contributed by atoms with Crippen LogP contribution in [0.25, 0.3) is 0 Å². The molecule has 0 aliphatic heterocycles. The Hall–Kier alpha value is -0.0800. The molecule has 2 nitrogen and oxygen atoms in total. The van der Waals surface area contributed by atoms with E-state index in [1.807, 2.05) is 0 Å². The highest BCUT2D eigenvalue weighted by molar-refractivity contribution is 4.56. The van der Waals surface area contributed by atoms with Crippen molar-refractivity contribution in [3.63, 3.8) is 0 Å². The molecule has 0 aromatic rings. The molecule has 0 amide bonds. The van der Waals surface area contributed by atoms with Crippen LogP contribution >= 0.6 is 0 Å². The maximum Gasteiger partial charge on any atom is 0.0512 e. The van der Waals surface area contributed by atoms with E-state index in [9.17, 15) is 0 Å². The standard InChI is InChI=1S/C6H13O2/c1-6(4-7-2)5-8-3/h6H,1,4-5H2,2-3H3. The molecule has 0 aliphatic rings. The molecular formula is C6H13O2. The minimum atomic E-state index is 0.269. The molecule has 0 fully saturated rings. The third kappa shape index (κ3) is 4.09. The van der Waals surface area contributed by atoms with Crippen LogP contribution < -0.4 is 0 Å². The maximum atomic E-state index is 4.81. The molecule has 2 heteroatoms. The fraction of sp³-hybridized carbons (Fsp3) is 0.833. The summed E-state index contributed by atoms with van der Waals surface area (Å²) in [5, 5.41) is 0. The van der Waals surface area contributed by atoms with Gasteiger partial charge in [0.25, 0.3) is 0 Å². The smallest absolute Gasteiger partial charge is 0.0512 e. The normalized spacial score (nSPS) is 10.5. The summed E-state index contributed by atoms with van der Waals surface area (Å²) in [6.07, 6.45) is 0. The molecule has 1 radical (unpaired) electrons. The average molecular weight is 117 g/mol. The van der Waals surface area contributed by atoms with E-state index in [1.54, 1.807) is 14.2 Å². The van der Waals surface area contributed by atoms with Crippen LogP contribution in [0.4, 0.5) is 0 Å². The summed E-state index contributed by atoms with van der Waals surface area (Å²) < 4.78 is 9.63. The van der Waals surface area contributed by atoms with Gasteiger partial charge < -0.3 is 9.47 Å². The van der Waals surface area contributed by atoms with E-state index in [0.717, 1.165) is 0 Å². The van der Waals surface area contributed by atoms with Gasteiger partial charge in [0.15, 0.2) is 0 Å². The molecule has 49 valence electrons. The fourth-order valence-electron chi connectivity index (χ4n) is 0.520. The Kier molecular flexibility index (Phi) is 5.01. The third-order valence-corrected chi connectivity index (χ3v) is 0.805. The summed E-state index contributed by atoms with van der Waals surface area (Å²) in [4.78, 5) is 0. The first kappa shape index (κ1) is 7.92. The third-order valence-electron chi connectivity index (χ3n) is 0.805. The molecule has 0 aromatic carbocycles. The molecular weight excluding hydrogens is 104 g/mol. The summed E-state index contributed by atoms with van der Waals surface area (Å²) in [5.41, 5.74) is 0. The average Bonchev–Trinajstić information content (AvgIpc) is 1.68. The molecule has 0 saturated carbocycles. The minimum absolute atomic E-state index is 0.269. The first-order valence-corrected chi connectivity index (χ1v) is 2.62. The molecule has 0 aromatic heterocycles. The highest BCUT2D eigenvalue weighted by atomic mass is 16.5. The van der Waals surface area contributed by atoms with E-state index < -0.39 is 0 Å². The van der Waals surface area contributed by atoms with Crippen molar-refractivity contribution in [1.29, 1.82) is 0 Å². The number of hydrogen-bond donors (Lipinski definition) is 0. The Morgan fingerprint density at radius 2 is 1.62 bits per heavy atom. The van der Waals surface area contributed by atoms with Crippen molar-refractivity contribution in [3.8, 4) is 0 Å². The summed E-state index contributed by atoms with van der Waals surface area (Å²) in [6, 6.07) is 0. The quantitative estimate of drug-likeness (QED) is 0.540. The molecule has 0 N–H and O–H groups in total. The second kappa shape index (κ2) is 5.06. The van der Waals surface area contributed by atoms with Crippen molar-refractivity contribution in [1.82, 2.24) is 0 Å². The molecule has 0 spiro atoms. The largest absolute Gasteiger partial charge is 0.384 e. The molecule has 0 atom stereocenters. The Balaban J connectivity index is 2.92. The lowest BCUT2D eigenvalue weighted by Crippen LogP contribution is -2.09. The van der Waals surface area contributed by atoms with Crippen LogP contribution in [0.2, 0.25) is 0 Å². The summed E-state index contributed by atoms with van der Waals surface area (Å²) in [6.45, 7) is 5.12. The van der Waals surface area contributed by atoms with E-state index >= 15 is 0 Å². The van der Waals surface area contributed by atoms with Gasteiger partial charge in [-0.1, -0.05) is 0 Å². The number of hydrogen-bond acceptors (Lipinski definition) is 2. The van der Waals surface area contributed by atoms with Gasteiger partial charge in [-0.05, 0) is 6.92 Å². The zero-order valence-corrected chi connectivity index (χ0v) is 5.52. The number of methoxy groups -OCH3 is 2. The maximum absolute atomic E-state index is 4.81. The lowest BCUT2D eigenvalue weighted by molar-refractivity contribution is 0.104. The van der Waals surface area contributed by atoms with Crippen LogP contribution in [0.1, 0.15) is 0 Å². The van der Waals surface area contributed by atoms with Gasteiger partial charge in [0.1, 0.15) is 0 Å². The van der Waals surface area contributed by atoms with Gasteiger partial charge in [0, 0.05) is 20.1 Å². The zero-order chi connectivity index (χ0) is 6.41. The predicted octanol–water partition coefficient (Wildman–Crippen LogP) is 0.729. The van der Waals surface area contributed by atoms with Crippen molar-refractivity contribution >= 4 is 0 Å². The van der Waals surface area contributed by atoms with Gasteiger partial charge >= 0.3 is 0 Å². The van der Waals surface area contributed by atoms with Crippen molar-refractivity contribution in [3.05, 3.63) is 6.92 Å². The number of ether oxygens (including phenoxy) is 2. The zero-order valence-electron chi connectivity index (χ0n) is 5.52. The summed E-state index contributed by atoms with van der Waals surface area (Å²) in [7, 11) is 3.32. The van der Waals surface area contributed by atoms with E-state index in [-0.39, 0.29) is 5.92 Å². The van der Waals surface area contributed by atoms with Gasteiger partial charge in [-0.3, -0.25) is 0 Å². The summed E-state index contributed by atoms with van der Waals surface area (Å²) >= 11 is 0. The van der Waals surface area contributed by atoms with E-state index in [0.29, 0.717) is 13.2 Å². The topological polar surface area (TPSA) is 18.5 Å². The van der Waals surface area contributed by atoms with E-state index in [2.05, 4.69) is 6.92 Å². The molecule has 0 unspecified atom stereocenters. The Morgan fingerprint density at radius 1 is 1.25 bits per heavy atom. The van der Waals surface area contributed by atoms with Gasteiger partial charge in [-0.2, -0.15) is 0 Å². The second-order valence-corrected chi connectivity index (χ2v) is 1.78. The first-order valence-electron chi connectivity index (χ1n) is 2.62. The molecule has 0 aliphatic carbocycles. The molecule has 0 rings (SSSR count). The molecule has 0 heterocycles. The molecule has 0 saturated heterocycles. The van der Waals surface area contributed by atoms with Crippen LogP contribution in [0.15, 0.2) is 0 Å². The van der Waals surface area contributed by atoms with Crippen LogP contribution in [-0.2, 0) is 9.47 Å². The van der Waals surface area contributed by atoms with E-state index in [1.165, 1.54) is 0 Å². The highest BCUT2D eigenvalue weighted by Gasteiger charge is 1.97. The van der Waals surface area contributed by atoms with Gasteiger partial charge in [-0.25, -0.2) is 0 Å². The first-order chi connectivity index (χ1) is 3.81. The Morgan fingerprint density at radius 3 is 1.88 bits per heavy atom. The summed E-state index contributed by atoms with van der Waals surface area (Å²) in [5.74, 6) is 0.269. The Labute approximate surface area is 50.8 Å². The number of rotatable bonds is 4. The van der Waals surface area contributed by atoms with Gasteiger partial charge in [0.05, 0.1) is 13.2 Å². The van der Waals surface area contributed by atoms with E-state index in [4.69, 9.17) is 9.47 Å². The van der Waals surface area contributed by atoms with Crippen molar-refractivity contribution in [2.45, 2.75) is 0 Å². The molecule has 0 bridgehead atoms. The van der Waals surface area contributed by atoms with Gasteiger partial charge in [-0.15, -0.1) is 0 Å². The van der Waals surface area contributed by atoms with Crippen LogP contribution in [0.5, 0.6) is 0 Å². The van der Waals surface area contributed by atoms with Crippen molar-refractivity contribution < 1.29 is 9.47 Å². The van der Waals surface area contributed by atoms with Crippen LogP contribution in [0.3, 0.4) is 0 Å². The SMILES string of the molecule is [CH2]C(COC)COC. The van der Waals surface area contributed by atoms with Crippen LogP contribution in [0, 0.1) is 12.8 Å². The lowest BCUT2D eigenvalue weighted by atomic mass is 10.2. The highest BCUT2D eigenvalue weighted by Crippen LogP contribution is 1.92. The van der Waals surface area contributed by atoms with Crippen molar-refractivity contribution in [2.75, 3.05) is 27.4 Å². The molecule has 8 heavy (non-hydrogen) atoms. The Bertz CT molecular complexity index is 39.8. The van der Waals surface area contributed by atoms with Crippen LogP contribution in [-0.4, -0.2) is 27.4 Å². The second-order valence-electron chi connectivity index (χ2n) is 1.78.